The second-order valence-electron chi connectivity index (χ2n) is 6.02. The third kappa shape index (κ3) is 4.99. The van der Waals surface area contributed by atoms with Crippen LogP contribution >= 0.6 is 11.3 Å². The molecule has 0 aliphatic carbocycles. The molecule has 0 spiro atoms. The molecule has 0 aliphatic heterocycles. The lowest BCUT2D eigenvalue weighted by molar-refractivity contribution is 0.0638. The first kappa shape index (κ1) is 18.9. The van der Waals surface area contributed by atoms with Crippen molar-refractivity contribution in [3.05, 3.63) is 41.2 Å². The molecule has 1 aromatic carbocycles. The Hall–Kier alpha value is -2.48. The fraction of sp³-hybridized carbons (Fsp3) is 0.353. The van der Waals surface area contributed by atoms with Gasteiger partial charge in [-0.15, -0.1) is 11.3 Å². The first-order chi connectivity index (χ1) is 11.8. The molecule has 0 saturated heterocycles. The highest BCUT2D eigenvalue weighted by atomic mass is 32.1. The van der Waals surface area contributed by atoms with E-state index in [4.69, 9.17) is 0 Å². The van der Waals surface area contributed by atoms with Crippen LogP contribution in [-0.4, -0.2) is 33.9 Å². The Morgan fingerprint density at radius 1 is 1.08 bits per heavy atom. The first-order valence-electron chi connectivity index (χ1n) is 7.89. The number of hydrogen-bond acceptors (Lipinski definition) is 4. The van der Waals surface area contributed by atoms with Crippen molar-refractivity contribution in [1.29, 1.82) is 0 Å². The van der Waals surface area contributed by atoms with Gasteiger partial charge in [0, 0.05) is 23.2 Å². The van der Waals surface area contributed by atoms with Crippen LogP contribution in [0.15, 0.2) is 29.6 Å². The average molecular weight is 364 g/mol. The summed E-state index contributed by atoms with van der Waals surface area (Å²) in [5.41, 5.74) is 0.752. The maximum absolute atomic E-state index is 12.9. The molecule has 2 aromatic rings. The number of urea groups is 1. The number of benzene rings is 1. The molecule has 1 aromatic heterocycles. The molecule has 0 atom stereocenters. The minimum absolute atomic E-state index is 0.0485. The summed E-state index contributed by atoms with van der Waals surface area (Å²) in [5.74, 6) is -0.554. The van der Waals surface area contributed by atoms with Crippen molar-refractivity contribution in [3.8, 4) is 0 Å². The predicted octanol–water partition coefficient (Wildman–Crippen LogP) is 4.19. The minimum atomic E-state index is -0.510. The van der Waals surface area contributed by atoms with Crippen LogP contribution < -0.4 is 10.6 Å². The third-order valence-corrected chi connectivity index (χ3v) is 4.15. The molecule has 3 amide bonds. The molecule has 8 heteroatoms. The van der Waals surface area contributed by atoms with Gasteiger partial charge in [0.15, 0.2) is 5.13 Å². The second kappa shape index (κ2) is 8.06. The quantitative estimate of drug-likeness (QED) is 0.835. The number of carbonyl (C=O) groups excluding carboxylic acids is 2. The number of anilines is 2. The topological polar surface area (TPSA) is 74.3 Å². The van der Waals surface area contributed by atoms with Gasteiger partial charge in [-0.05, 0) is 52.0 Å². The number of nitrogens with one attached hydrogen (secondary N) is 2. The van der Waals surface area contributed by atoms with Gasteiger partial charge in [0.25, 0.3) is 5.91 Å². The van der Waals surface area contributed by atoms with E-state index >= 15 is 0 Å². The van der Waals surface area contributed by atoms with Gasteiger partial charge in [-0.1, -0.05) is 0 Å². The number of aromatic nitrogens is 1. The number of nitrogens with zero attached hydrogens (tertiary/aromatic N) is 2. The minimum Gasteiger partial charge on any atom is -0.332 e. The summed E-state index contributed by atoms with van der Waals surface area (Å²) in [6, 6.07) is 5.00. The second-order valence-corrected chi connectivity index (χ2v) is 6.88. The van der Waals surface area contributed by atoms with Gasteiger partial charge in [-0.25, -0.2) is 14.2 Å². The van der Waals surface area contributed by atoms with E-state index in [0.29, 0.717) is 16.5 Å². The van der Waals surface area contributed by atoms with Crippen molar-refractivity contribution < 1.29 is 14.0 Å². The predicted molar refractivity (Wildman–Crippen MR) is 97.6 cm³/mol. The molecule has 2 rings (SSSR count). The molecule has 0 bridgehead atoms. The molecule has 2 N–H and O–H groups in total. The fourth-order valence-electron chi connectivity index (χ4n) is 2.42. The summed E-state index contributed by atoms with van der Waals surface area (Å²) >= 11 is 1.17. The molecule has 0 saturated carbocycles. The highest BCUT2D eigenvalue weighted by molar-refractivity contribution is 7.14. The van der Waals surface area contributed by atoms with Crippen LogP contribution in [0.25, 0.3) is 0 Å². The standard InChI is InChI=1S/C17H21FN4O2S/c1-10(2)22(11(3)4)15(23)14-9-25-17(20-14)21-16(24)19-13-7-5-12(18)6-8-13/h5-11H,1-4H3,(H2,19,20,21,24). The van der Waals surface area contributed by atoms with Crippen molar-refractivity contribution in [2.75, 3.05) is 10.6 Å². The number of thiazole rings is 1. The van der Waals surface area contributed by atoms with Gasteiger partial charge in [-0.3, -0.25) is 10.1 Å². The maximum atomic E-state index is 12.9. The Bertz CT molecular complexity index is 735. The highest BCUT2D eigenvalue weighted by Gasteiger charge is 2.24. The normalized spacial score (nSPS) is 10.8. The van der Waals surface area contributed by atoms with Gasteiger partial charge in [0.1, 0.15) is 11.5 Å². The van der Waals surface area contributed by atoms with E-state index in [2.05, 4.69) is 15.6 Å². The maximum Gasteiger partial charge on any atom is 0.325 e. The van der Waals surface area contributed by atoms with Crippen molar-refractivity contribution >= 4 is 34.1 Å². The van der Waals surface area contributed by atoms with Crippen molar-refractivity contribution in [3.63, 3.8) is 0 Å². The fourth-order valence-corrected chi connectivity index (χ4v) is 3.10. The van der Waals surface area contributed by atoms with Crippen LogP contribution in [0, 0.1) is 5.82 Å². The van der Waals surface area contributed by atoms with E-state index in [0.717, 1.165) is 0 Å². The molecule has 0 fully saturated rings. The summed E-state index contributed by atoms with van der Waals surface area (Å²) in [4.78, 5) is 30.4. The van der Waals surface area contributed by atoms with E-state index in [1.165, 1.54) is 35.6 Å². The lowest BCUT2D eigenvalue weighted by Crippen LogP contribution is -2.42. The summed E-state index contributed by atoms with van der Waals surface area (Å²) in [5, 5.41) is 7.07. The van der Waals surface area contributed by atoms with Crippen LogP contribution in [-0.2, 0) is 0 Å². The van der Waals surface area contributed by atoms with E-state index in [1.54, 1.807) is 10.3 Å². The Balaban J connectivity index is 2.02. The van der Waals surface area contributed by atoms with Gasteiger partial charge in [0.2, 0.25) is 0 Å². The van der Waals surface area contributed by atoms with E-state index in [-0.39, 0.29) is 23.8 Å². The van der Waals surface area contributed by atoms with Crippen LogP contribution in [0.1, 0.15) is 38.2 Å². The molecule has 0 radical (unpaired) electrons. The molecule has 0 unspecified atom stereocenters. The molecule has 1 heterocycles. The smallest absolute Gasteiger partial charge is 0.325 e. The molecule has 25 heavy (non-hydrogen) atoms. The van der Waals surface area contributed by atoms with E-state index in [9.17, 15) is 14.0 Å². The van der Waals surface area contributed by atoms with Crippen molar-refractivity contribution in [2.45, 2.75) is 39.8 Å². The number of amides is 3. The average Bonchev–Trinajstić information content (AvgIpc) is 2.97. The lowest BCUT2D eigenvalue weighted by Gasteiger charge is -2.30. The van der Waals surface area contributed by atoms with Crippen LogP contribution in [0.5, 0.6) is 0 Å². The molecular formula is C17H21FN4O2S. The number of hydrogen-bond donors (Lipinski definition) is 2. The largest absolute Gasteiger partial charge is 0.332 e. The summed E-state index contributed by atoms with van der Waals surface area (Å²) in [6.07, 6.45) is 0. The number of carbonyl (C=O) groups is 2. The Labute approximate surface area is 150 Å². The molecule has 6 nitrogen and oxygen atoms in total. The van der Waals surface area contributed by atoms with Gasteiger partial charge in [-0.2, -0.15) is 0 Å². The third-order valence-electron chi connectivity index (χ3n) is 3.39. The zero-order valence-corrected chi connectivity index (χ0v) is 15.4. The van der Waals surface area contributed by atoms with E-state index < -0.39 is 6.03 Å². The number of rotatable bonds is 5. The monoisotopic (exact) mass is 364 g/mol. The zero-order chi connectivity index (χ0) is 18.6. The summed E-state index contributed by atoms with van der Waals surface area (Å²) in [7, 11) is 0. The van der Waals surface area contributed by atoms with Crippen LogP contribution in [0.3, 0.4) is 0 Å². The van der Waals surface area contributed by atoms with Gasteiger partial charge >= 0.3 is 6.03 Å². The molecule has 0 aliphatic rings. The Kier molecular flexibility index (Phi) is 6.08. The van der Waals surface area contributed by atoms with Gasteiger partial charge in [0.05, 0.1) is 0 Å². The van der Waals surface area contributed by atoms with Gasteiger partial charge < -0.3 is 10.2 Å². The first-order valence-corrected chi connectivity index (χ1v) is 8.77. The molecule has 134 valence electrons. The molecular weight excluding hydrogens is 343 g/mol. The van der Waals surface area contributed by atoms with Crippen LogP contribution in [0.4, 0.5) is 20.0 Å². The SMILES string of the molecule is CC(C)N(C(=O)c1csc(NC(=O)Nc2ccc(F)cc2)n1)C(C)C. The van der Waals surface area contributed by atoms with Crippen LogP contribution in [0.2, 0.25) is 0 Å². The lowest BCUT2D eigenvalue weighted by atomic mass is 10.2. The highest BCUT2D eigenvalue weighted by Crippen LogP contribution is 2.19. The zero-order valence-electron chi connectivity index (χ0n) is 14.5. The Morgan fingerprint density at radius 2 is 1.68 bits per heavy atom. The van der Waals surface area contributed by atoms with E-state index in [1.807, 2.05) is 27.7 Å². The van der Waals surface area contributed by atoms with Crippen molar-refractivity contribution in [2.24, 2.45) is 0 Å². The van der Waals surface area contributed by atoms with Crippen molar-refractivity contribution in [1.82, 2.24) is 9.88 Å². The summed E-state index contributed by atoms with van der Waals surface area (Å²) < 4.78 is 12.9. The summed E-state index contributed by atoms with van der Waals surface area (Å²) in [6.45, 7) is 7.78. The Morgan fingerprint density at radius 3 is 2.24 bits per heavy atom. The number of halogens is 1.